The maximum Gasteiger partial charge on any atom is 0.271 e. The van der Waals surface area contributed by atoms with Gasteiger partial charge in [-0.3, -0.25) is 14.8 Å². The molecule has 0 saturated carbocycles. The standard InChI is InChI=1S/C16H13ClFN5O3S2/c17-13-3-12(1-2-14(13)18)28(25,26)23-5-10-4-21-15(8-20-10)16(24)22-7-11-6-19-9-27-11/h1-4,6,8-9,23H,5,7H2,(H,22,24). The number of thiazole rings is 1. The lowest BCUT2D eigenvalue weighted by Crippen LogP contribution is -2.25. The molecular formula is C16H13ClFN5O3S2. The smallest absolute Gasteiger partial charge is 0.271 e. The number of nitrogens with zero attached hydrogens (tertiary/aromatic N) is 3. The van der Waals surface area contributed by atoms with Crippen LogP contribution in [0, 0.1) is 5.82 Å². The average Bonchev–Trinajstić information content (AvgIpc) is 3.20. The molecule has 2 heterocycles. The molecule has 0 saturated heterocycles. The first-order valence-electron chi connectivity index (χ1n) is 7.76. The molecule has 0 bridgehead atoms. The molecule has 0 fully saturated rings. The van der Waals surface area contributed by atoms with E-state index < -0.39 is 21.7 Å². The van der Waals surface area contributed by atoms with Gasteiger partial charge in [0.2, 0.25) is 10.0 Å². The maximum absolute atomic E-state index is 13.2. The van der Waals surface area contributed by atoms with Crippen LogP contribution in [0.2, 0.25) is 5.02 Å². The van der Waals surface area contributed by atoms with E-state index >= 15 is 0 Å². The number of amides is 1. The van der Waals surface area contributed by atoms with Crippen LogP contribution in [0.25, 0.3) is 0 Å². The summed E-state index contributed by atoms with van der Waals surface area (Å²) in [6.45, 7) is 0.167. The molecule has 1 amide bonds. The fourth-order valence-electron chi connectivity index (χ4n) is 2.05. The first kappa shape index (κ1) is 20.3. The Balaban J connectivity index is 1.59. The third-order valence-electron chi connectivity index (χ3n) is 3.49. The molecule has 2 N–H and O–H groups in total. The van der Waals surface area contributed by atoms with Crippen molar-refractivity contribution in [2.45, 2.75) is 18.0 Å². The fourth-order valence-corrected chi connectivity index (χ4v) is 3.85. The molecule has 0 radical (unpaired) electrons. The van der Waals surface area contributed by atoms with Crippen LogP contribution in [0.4, 0.5) is 4.39 Å². The van der Waals surface area contributed by atoms with Crippen molar-refractivity contribution in [2.24, 2.45) is 0 Å². The molecule has 3 rings (SSSR count). The Morgan fingerprint density at radius 3 is 2.64 bits per heavy atom. The lowest BCUT2D eigenvalue weighted by molar-refractivity contribution is 0.0946. The largest absolute Gasteiger partial charge is 0.346 e. The Morgan fingerprint density at radius 1 is 1.18 bits per heavy atom. The van der Waals surface area contributed by atoms with Crippen LogP contribution in [0.5, 0.6) is 0 Å². The number of aromatic nitrogens is 3. The summed E-state index contributed by atoms with van der Waals surface area (Å²) in [6.07, 6.45) is 4.20. The van der Waals surface area contributed by atoms with E-state index in [-0.39, 0.29) is 22.2 Å². The van der Waals surface area contributed by atoms with Gasteiger partial charge in [-0.15, -0.1) is 11.3 Å². The van der Waals surface area contributed by atoms with Crippen molar-refractivity contribution < 1.29 is 17.6 Å². The normalized spacial score (nSPS) is 11.4. The van der Waals surface area contributed by atoms with Crippen LogP contribution in [0.15, 0.2) is 47.2 Å². The quantitative estimate of drug-likeness (QED) is 0.580. The molecule has 2 aromatic heterocycles. The van der Waals surface area contributed by atoms with Gasteiger partial charge in [-0.25, -0.2) is 22.5 Å². The highest BCUT2D eigenvalue weighted by molar-refractivity contribution is 7.89. The van der Waals surface area contributed by atoms with E-state index in [1.165, 1.54) is 23.7 Å². The van der Waals surface area contributed by atoms with E-state index in [4.69, 9.17) is 11.6 Å². The second-order valence-corrected chi connectivity index (χ2v) is 8.59. The molecule has 8 nitrogen and oxygen atoms in total. The molecular weight excluding hydrogens is 429 g/mol. The third-order valence-corrected chi connectivity index (χ3v) is 5.96. The van der Waals surface area contributed by atoms with Gasteiger partial charge < -0.3 is 5.32 Å². The average molecular weight is 442 g/mol. The summed E-state index contributed by atoms with van der Waals surface area (Å²) >= 11 is 7.03. The molecule has 0 unspecified atom stereocenters. The zero-order chi connectivity index (χ0) is 20.1. The molecule has 0 spiro atoms. The Hall–Kier alpha value is -2.47. The van der Waals surface area contributed by atoms with Crippen molar-refractivity contribution in [2.75, 3.05) is 0 Å². The van der Waals surface area contributed by atoms with Crippen molar-refractivity contribution in [3.05, 3.63) is 69.4 Å². The van der Waals surface area contributed by atoms with E-state index in [9.17, 15) is 17.6 Å². The van der Waals surface area contributed by atoms with E-state index in [1.54, 1.807) is 11.7 Å². The van der Waals surface area contributed by atoms with Crippen molar-refractivity contribution in [3.8, 4) is 0 Å². The van der Waals surface area contributed by atoms with Gasteiger partial charge in [0, 0.05) is 11.1 Å². The summed E-state index contributed by atoms with van der Waals surface area (Å²) in [5.74, 6) is -1.12. The SMILES string of the molecule is O=C(NCc1cncs1)c1cnc(CNS(=O)(=O)c2ccc(F)c(Cl)c2)cn1. The summed E-state index contributed by atoms with van der Waals surface area (Å²) in [5, 5.41) is 2.39. The summed E-state index contributed by atoms with van der Waals surface area (Å²) in [7, 11) is -3.91. The lowest BCUT2D eigenvalue weighted by Gasteiger charge is -2.07. The third kappa shape index (κ3) is 5.07. The van der Waals surface area contributed by atoms with Gasteiger partial charge >= 0.3 is 0 Å². The van der Waals surface area contributed by atoms with Gasteiger partial charge in [-0.1, -0.05) is 11.6 Å². The van der Waals surface area contributed by atoms with Gasteiger partial charge in [-0.05, 0) is 18.2 Å². The topological polar surface area (TPSA) is 114 Å². The van der Waals surface area contributed by atoms with Gasteiger partial charge in [-0.2, -0.15) is 0 Å². The van der Waals surface area contributed by atoms with Crippen LogP contribution in [0.1, 0.15) is 21.1 Å². The minimum Gasteiger partial charge on any atom is -0.346 e. The maximum atomic E-state index is 13.2. The molecule has 3 aromatic rings. The number of halogens is 2. The Bertz CT molecular complexity index is 1080. The van der Waals surface area contributed by atoms with Crippen LogP contribution in [-0.2, 0) is 23.1 Å². The number of benzene rings is 1. The van der Waals surface area contributed by atoms with Crippen LogP contribution >= 0.6 is 22.9 Å². The Labute approximate surface area is 168 Å². The molecule has 1 aromatic carbocycles. The number of nitrogens with one attached hydrogen (secondary N) is 2. The molecule has 0 aliphatic rings. The van der Waals surface area contributed by atoms with Crippen LogP contribution in [0.3, 0.4) is 0 Å². The Kier molecular flexibility index (Phi) is 6.29. The van der Waals surface area contributed by atoms with E-state index in [0.717, 1.165) is 23.1 Å². The highest BCUT2D eigenvalue weighted by atomic mass is 35.5. The molecule has 12 heteroatoms. The zero-order valence-corrected chi connectivity index (χ0v) is 16.5. The molecule has 146 valence electrons. The minimum atomic E-state index is -3.91. The number of carbonyl (C=O) groups is 1. The zero-order valence-electron chi connectivity index (χ0n) is 14.1. The highest BCUT2D eigenvalue weighted by Gasteiger charge is 2.16. The van der Waals surface area contributed by atoms with Gasteiger partial charge in [0.15, 0.2) is 0 Å². The number of hydrogen-bond acceptors (Lipinski definition) is 7. The summed E-state index contributed by atoms with van der Waals surface area (Å²) in [4.78, 5) is 24.7. The monoisotopic (exact) mass is 441 g/mol. The predicted octanol–water partition coefficient (Wildman–Crippen LogP) is 2.13. The van der Waals surface area contributed by atoms with Crippen molar-refractivity contribution in [1.82, 2.24) is 25.0 Å². The highest BCUT2D eigenvalue weighted by Crippen LogP contribution is 2.19. The summed E-state index contributed by atoms with van der Waals surface area (Å²) in [6, 6.07) is 3.09. The molecule has 28 heavy (non-hydrogen) atoms. The number of carbonyl (C=O) groups excluding carboxylic acids is 1. The summed E-state index contributed by atoms with van der Waals surface area (Å²) in [5.41, 5.74) is 2.06. The first-order chi connectivity index (χ1) is 13.3. The number of hydrogen-bond donors (Lipinski definition) is 2. The molecule has 0 aliphatic carbocycles. The van der Waals surface area contributed by atoms with Gasteiger partial charge in [0.05, 0.1) is 46.6 Å². The van der Waals surface area contributed by atoms with E-state index in [1.807, 2.05) is 0 Å². The lowest BCUT2D eigenvalue weighted by atomic mass is 10.3. The van der Waals surface area contributed by atoms with E-state index in [2.05, 4.69) is 25.0 Å². The van der Waals surface area contributed by atoms with Crippen LogP contribution in [-0.4, -0.2) is 29.3 Å². The summed E-state index contributed by atoms with van der Waals surface area (Å²) < 4.78 is 40.0. The van der Waals surface area contributed by atoms with Crippen LogP contribution < -0.4 is 10.0 Å². The number of rotatable bonds is 7. The molecule has 0 aliphatic heterocycles. The van der Waals surface area contributed by atoms with Gasteiger partial charge in [0.25, 0.3) is 5.91 Å². The van der Waals surface area contributed by atoms with Gasteiger partial charge in [0.1, 0.15) is 11.5 Å². The minimum absolute atomic E-state index is 0.0986. The molecule has 0 atom stereocenters. The van der Waals surface area contributed by atoms with E-state index in [0.29, 0.717) is 12.2 Å². The number of sulfonamides is 1. The second-order valence-electron chi connectivity index (χ2n) is 5.44. The fraction of sp³-hybridized carbons (Fsp3) is 0.125. The predicted molar refractivity (Wildman–Crippen MR) is 101 cm³/mol. The second kappa shape index (κ2) is 8.69. The Morgan fingerprint density at radius 2 is 2.00 bits per heavy atom. The van der Waals surface area contributed by atoms with Crippen molar-refractivity contribution >= 4 is 38.9 Å². The van der Waals surface area contributed by atoms with Crippen molar-refractivity contribution in [1.29, 1.82) is 0 Å². The first-order valence-corrected chi connectivity index (χ1v) is 10.5. The van der Waals surface area contributed by atoms with Crippen molar-refractivity contribution in [3.63, 3.8) is 0 Å².